The second kappa shape index (κ2) is 7.23. The highest BCUT2D eigenvalue weighted by Gasteiger charge is 2.19. The van der Waals surface area contributed by atoms with Crippen LogP contribution in [0.4, 0.5) is 0 Å². The summed E-state index contributed by atoms with van der Waals surface area (Å²) in [5.74, 6) is 0. The Hall–Kier alpha value is -1.13. The lowest BCUT2D eigenvalue weighted by Gasteiger charge is -2.20. The van der Waals surface area contributed by atoms with Gasteiger partial charge < -0.3 is 0 Å². The molecule has 0 nitrogen and oxygen atoms in total. The minimum Gasteiger partial charge on any atom is -0.0695 e. The van der Waals surface area contributed by atoms with Crippen LogP contribution in [0.5, 0.6) is 0 Å². The van der Waals surface area contributed by atoms with Crippen molar-refractivity contribution >= 4 is 27.2 Å². The third kappa shape index (κ3) is 5.29. The molecule has 2 heteroatoms. The Morgan fingerprint density at radius 3 is 1.95 bits per heavy atom. The van der Waals surface area contributed by atoms with Gasteiger partial charge in [0, 0.05) is 8.07 Å². The van der Waals surface area contributed by atoms with E-state index in [1.54, 1.807) is 10.4 Å². The summed E-state index contributed by atoms with van der Waals surface area (Å²) in [5.41, 5.74) is 1.36. The fourth-order valence-electron chi connectivity index (χ4n) is 2.64. The Morgan fingerprint density at radius 1 is 0.810 bits per heavy atom. The van der Waals surface area contributed by atoms with Crippen molar-refractivity contribution in [2.45, 2.75) is 45.1 Å². The molecule has 2 aromatic carbocycles. The van der Waals surface area contributed by atoms with Gasteiger partial charge in [-0.1, -0.05) is 109 Å². The molecular formula is C19H27Si2. The van der Waals surface area contributed by atoms with Gasteiger partial charge in [-0.05, 0) is 6.92 Å². The molecule has 2 rings (SSSR count). The maximum absolute atomic E-state index is 2.48. The first-order valence-electron chi connectivity index (χ1n) is 7.94. The van der Waals surface area contributed by atoms with E-state index in [4.69, 9.17) is 0 Å². The average molecular weight is 312 g/mol. The monoisotopic (exact) mass is 311 g/mol. The summed E-state index contributed by atoms with van der Waals surface area (Å²) in [4.78, 5) is 0. The molecule has 0 aliphatic carbocycles. The van der Waals surface area contributed by atoms with Crippen LogP contribution in [0, 0.1) is 6.92 Å². The molecule has 0 bridgehead atoms. The third-order valence-corrected chi connectivity index (χ3v) is 8.64. The zero-order chi connectivity index (χ0) is 15.3. The second-order valence-electron chi connectivity index (χ2n) is 7.12. The molecule has 0 unspecified atom stereocenters. The van der Waals surface area contributed by atoms with E-state index in [0.717, 1.165) is 0 Å². The largest absolute Gasteiger partial charge is 0.121 e. The van der Waals surface area contributed by atoms with Crippen molar-refractivity contribution in [2.75, 3.05) is 0 Å². The summed E-state index contributed by atoms with van der Waals surface area (Å²) < 4.78 is 0. The van der Waals surface area contributed by atoms with Crippen LogP contribution in [0.1, 0.15) is 12.0 Å². The molecule has 1 radical (unpaired) electrons. The average Bonchev–Trinajstić information content (AvgIpc) is 2.45. The van der Waals surface area contributed by atoms with E-state index in [1.165, 1.54) is 24.1 Å². The van der Waals surface area contributed by atoms with Gasteiger partial charge in [0.05, 0.1) is 0 Å². The predicted molar refractivity (Wildman–Crippen MR) is 100 cm³/mol. The lowest BCUT2D eigenvalue weighted by molar-refractivity contribution is 1.03. The van der Waals surface area contributed by atoms with E-state index in [-0.39, 0.29) is 0 Å². The normalized spacial score (nSPS) is 11.9. The van der Waals surface area contributed by atoms with Crippen molar-refractivity contribution in [1.82, 2.24) is 0 Å². The van der Waals surface area contributed by atoms with E-state index in [9.17, 15) is 0 Å². The number of hydrogen-bond donors (Lipinski definition) is 0. The van der Waals surface area contributed by atoms with Gasteiger partial charge in [-0.25, -0.2) is 0 Å². The first-order chi connectivity index (χ1) is 9.96. The van der Waals surface area contributed by atoms with Crippen LogP contribution in [-0.4, -0.2) is 16.9 Å². The van der Waals surface area contributed by atoms with Gasteiger partial charge in [-0.2, -0.15) is 0 Å². The van der Waals surface area contributed by atoms with Gasteiger partial charge in [0.25, 0.3) is 0 Å². The SMILES string of the molecule is Cc1ccc([Si](CCC[Si](C)(C)C)c2ccccc2)cc1. The lowest BCUT2D eigenvalue weighted by atomic mass is 10.2. The third-order valence-electron chi connectivity index (χ3n) is 3.88. The van der Waals surface area contributed by atoms with Crippen LogP contribution in [0.25, 0.3) is 0 Å². The summed E-state index contributed by atoms with van der Waals surface area (Å²) in [7, 11) is -1.53. The zero-order valence-electron chi connectivity index (χ0n) is 13.8. The fraction of sp³-hybridized carbons (Fsp3) is 0.368. The number of hydrogen-bond acceptors (Lipinski definition) is 0. The van der Waals surface area contributed by atoms with Crippen LogP contribution in [0.2, 0.25) is 31.7 Å². The summed E-state index contributed by atoms with van der Waals surface area (Å²) in [6.45, 7) is 9.61. The Balaban J connectivity index is 2.17. The molecule has 0 amide bonds. The van der Waals surface area contributed by atoms with Gasteiger partial charge in [-0.3, -0.25) is 0 Å². The van der Waals surface area contributed by atoms with Gasteiger partial charge >= 0.3 is 0 Å². The lowest BCUT2D eigenvalue weighted by Crippen LogP contribution is -2.42. The van der Waals surface area contributed by atoms with Crippen LogP contribution in [0.3, 0.4) is 0 Å². The molecule has 0 saturated heterocycles. The van der Waals surface area contributed by atoms with E-state index < -0.39 is 16.9 Å². The second-order valence-corrected chi connectivity index (χ2v) is 15.4. The molecule has 0 aliphatic heterocycles. The maximum atomic E-state index is 2.48. The van der Waals surface area contributed by atoms with Gasteiger partial charge in [0.15, 0.2) is 0 Å². The molecule has 0 atom stereocenters. The summed E-state index contributed by atoms with van der Waals surface area (Å²) in [6.07, 6.45) is 1.38. The van der Waals surface area contributed by atoms with Crippen molar-refractivity contribution in [3.05, 3.63) is 60.2 Å². The highest BCUT2D eigenvalue weighted by Crippen LogP contribution is 2.14. The van der Waals surface area contributed by atoms with Gasteiger partial charge in [0.1, 0.15) is 8.80 Å². The minimum absolute atomic E-state index is 0.616. The fourth-order valence-corrected chi connectivity index (χ4v) is 6.84. The minimum atomic E-state index is -0.919. The Bertz CT molecular complexity index is 538. The number of rotatable bonds is 6. The molecule has 0 fully saturated rings. The first-order valence-corrected chi connectivity index (χ1v) is 13.4. The van der Waals surface area contributed by atoms with Crippen molar-refractivity contribution in [3.63, 3.8) is 0 Å². The number of aryl methyl sites for hydroxylation is 1. The molecule has 0 N–H and O–H groups in total. The van der Waals surface area contributed by atoms with E-state index in [1.807, 2.05) is 0 Å². The molecular weight excluding hydrogens is 284 g/mol. The van der Waals surface area contributed by atoms with Crippen molar-refractivity contribution in [1.29, 1.82) is 0 Å². The number of benzene rings is 2. The van der Waals surface area contributed by atoms with E-state index >= 15 is 0 Å². The summed E-state index contributed by atoms with van der Waals surface area (Å²) >= 11 is 0. The Kier molecular flexibility index (Phi) is 5.60. The zero-order valence-corrected chi connectivity index (χ0v) is 15.8. The van der Waals surface area contributed by atoms with Crippen LogP contribution in [0.15, 0.2) is 54.6 Å². The molecule has 2 aromatic rings. The van der Waals surface area contributed by atoms with Crippen molar-refractivity contribution < 1.29 is 0 Å². The standard InChI is InChI=1S/C19H27Si2/c1-17-11-13-19(14-12-17)20(15-8-16-21(2,3)4)18-9-6-5-7-10-18/h5-7,9-14H,8,15-16H2,1-4H3. The quantitative estimate of drug-likeness (QED) is 0.697. The summed E-state index contributed by atoms with van der Waals surface area (Å²) in [5, 5.41) is 3.12. The summed E-state index contributed by atoms with van der Waals surface area (Å²) in [6, 6.07) is 23.2. The molecule has 21 heavy (non-hydrogen) atoms. The highest BCUT2D eigenvalue weighted by molar-refractivity contribution is 6.85. The predicted octanol–water partition coefficient (Wildman–Crippen LogP) is 4.33. The Morgan fingerprint density at radius 2 is 1.38 bits per heavy atom. The Labute approximate surface area is 132 Å². The molecule has 0 spiro atoms. The molecule has 0 heterocycles. The van der Waals surface area contributed by atoms with E-state index in [0.29, 0.717) is 0 Å². The van der Waals surface area contributed by atoms with Crippen molar-refractivity contribution in [3.8, 4) is 0 Å². The first kappa shape index (κ1) is 16.2. The van der Waals surface area contributed by atoms with E-state index in [2.05, 4.69) is 81.2 Å². The topological polar surface area (TPSA) is 0 Å². The molecule has 111 valence electrons. The molecule has 0 saturated carbocycles. The molecule has 0 aromatic heterocycles. The maximum Gasteiger partial charge on any atom is 0.121 e. The highest BCUT2D eigenvalue weighted by atomic mass is 28.3. The van der Waals surface area contributed by atoms with Gasteiger partial charge in [-0.15, -0.1) is 0 Å². The van der Waals surface area contributed by atoms with Crippen molar-refractivity contribution in [2.24, 2.45) is 0 Å². The smallest absolute Gasteiger partial charge is 0.0695 e. The van der Waals surface area contributed by atoms with Crippen LogP contribution < -0.4 is 10.4 Å². The van der Waals surface area contributed by atoms with Crippen LogP contribution in [-0.2, 0) is 0 Å². The van der Waals surface area contributed by atoms with Crippen LogP contribution >= 0.6 is 0 Å². The van der Waals surface area contributed by atoms with Gasteiger partial charge in [0.2, 0.25) is 0 Å². The molecule has 0 aliphatic rings.